The molecular weight excluding hydrogens is 108 g/mol. The van der Waals surface area contributed by atoms with Gasteiger partial charge in [-0.1, -0.05) is 53.9 Å². The molecule has 0 atom stereocenters. The minimum Gasteiger partial charge on any atom is -0.0776 e. The van der Waals surface area contributed by atoms with E-state index < -0.39 is 0 Å². The quantitative estimate of drug-likeness (QED) is 0.505. The molecule has 0 nitrogen and oxygen atoms in total. The summed E-state index contributed by atoms with van der Waals surface area (Å²) < 4.78 is 0. The van der Waals surface area contributed by atoms with Crippen molar-refractivity contribution in [2.45, 2.75) is 53.9 Å². The van der Waals surface area contributed by atoms with Crippen molar-refractivity contribution < 1.29 is 0 Å². The highest BCUT2D eigenvalue weighted by atomic mass is 14.2. The van der Waals surface area contributed by atoms with Gasteiger partial charge in [-0.2, -0.15) is 0 Å². The molecule has 0 amide bonds. The average Bonchev–Trinajstić information content (AvgIpc) is 2.14. The summed E-state index contributed by atoms with van der Waals surface area (Å²) in [4.78, 5) is 0. The summed E-state index contributed by atoms with van der Waals surface area (Å²) in [6.07, 6.45) is 7.43. The van der Waals surface area contributed by atoms with E-state index in [1.165, 1.54) is 32.1 Å². The predicted octanol–water partition coefficient (Wildman–Crippen LogP) is 3.86. The van der Waals surface area contributed by atoms with Gasteiger partial charge in [0.25, 0.3) is 0 Å². The molecule has 9 heavy (non-hydrogen) atoms. The van der Waals surface area contributed by atoms with Crippen LogP contribution < -0.4 is 0 Å². The van der Waals surface area contributed by atoms with Gasteiger partial charge in [0, 0.05) is 0 Å². The highest BCUT2D eigenvalue weighted by Crippen LogP contribution is 2.26. The molecule has 1 fully saturated rings. The average molecular weight is 130 g/mol. The van der Waals surface area contributed by atoms with Gasteiger partial charge >= 0.3 is 0 Å². The lowest BCUT2D eigenvalue weighted by Gasteiger charge is -1.99. The Morgan fingerprint density at radius 3 is 1.78 bits per heavy atom. The van der Waals surface area contributed by atoms with E-state index in [1.54, 1.807) is 0 Å². The molecule has 0 aromatic carbocycles. The summed E-state index contributed by atoms with van der Waals surface area (Å²) in [6, 6.07) is 0. The SMILES string of the molecule is C.C.CCC1CCCC1. The Kier molecular flexibility index (Phi) is 8.00. The molecule has 1 saturated carbocycles. The van der Waals surface area contributed by atoms with Crippen molar-refractivity contribution in [3.8, 4) is 0 Å². The maximum absolute atomic E-state index is 2.30. The molecule has 1 aliphatic carbocycles. The van der Waals surface area contributed by atoms with Crippen molar-refractivity contribution in [3.63, 3.8) is 0 Å². The molecule has 0 heteroatoms. The van der Waals surface area contributed by atoms with Crippen LogP contribution >= 0.6 is 0 Å². The standard InChI is InChI=1S/C7H14.2CH4/c1-2-7-5-3-4-6-7;;/h7H,2-6H2,1H3;2*1H4. The largest absolute Gasteiger partial charge is 0.0776 e. The molecule has 0 N–H and O–H groups in total. The first-order valence-electron chi connectivity index (χ1n) is 3.43. The third-order valence-corrected chi connectivity index (χ3v) is 2.05. The first-order valence-corrected chi connectivity index (χ1v) is 3.43. The molecule has 0 spiro atoms. The summed E-state index contributed by atoms with van der Waals surface area (Å²) in [5.41, 5.74) is 0. The van der Waals surface area contributed by atoms with Crippen molar-refractivity contribution in [2.75, 3.05) is 0 Å². The molecule has 1 rings (SSSR count). The Balaban J connectivity index is 0. The summed E-state index contributed by atoms with van der Waals surface area (Å²) in [7, 11) is 0. The zero-order valence-corrected chi connectivity index (χ0v) is 5.11. The zero-order valence-electron chi connectivity index (χ0n) is 5.11. The molecule has 58 valence electrons. The Morgan fingerprint density at radius 1 is 1.11 bits per heavy atom. The van der Waals surface area contributed by atoms with Crippen LogP contribution in [0.4, 0.5) is 0 Å². The van der Waals surface area contributed by atoms with E-state index in [0.29, 0.717) is 0 Å². The highest BCUT2D eigenvalue weighted by Gasteiger charge is 2.11. The van der Waals surface area contributed by atoms with Gasteiger partial charge < -0.3 is 0 Å². The van der Waals surface area contributed by atoms with E-state index >= 15 is 0 Å². The maximum Gasteiger partial charge on any atom is -0.0417 e. The van der Waals surface area contributed by atoms with Crippen LogP contribution in [0.25, 0.3) is 0 Å². The molecule has 0 radical (unpaired) electrons. The lowest BCUT2D eigenvalue weighted by atomic mass is 10.1. The van der Waals surface area contributed by atoms with E-state index in [0.717, 1.165) is 5.92 Å². The topological polar surface area (TPSA) is 0 Å². The van der Waals surface area contributed by atoms with Gasteiger partial charge in [0.2, 0.25) is 0 Å². The Hall–Kier alpha value is 0. The van der Waals surface area contributed by atoms with Gasteiger partial charge in [0.1, 0.15) is 0 Å². The summed E-state index contributed by atoms with van der Waals surface area (Å²) in [6.45, 7) is 2.30. The Bertz CT molecular complexity index is 42.0. The van der Waals surface area contributed by atoms with E-state index in [9.17, 15) is 0 Å². The fourth-order valence-corrected chi connectivity index (χ4v) is 1.42. The second kappa shape index (κ2) is 6.12. The molecular formula is C9H22. The van der Waals surface area contributed by atoms with Crippen molar-refractivity contribution in [1.29, 1.82) is 0 Å². The molecule has 0 aliphatic heterocycles. The second-order valence-corrected chi connectivity index (χ2v) is 2.56. The van der Waals surface area contributed by atoms with Gasteiger partial charge in [0.15, 0.2) is 0 Å². The summed E-state index contributed by atoms with van der Waals surface area (Å²) in [5, 5.41) is 0. The first kappa shape index (κ1) is 11.8. The van der Waals surface area contributed by atoms with Gasteiger partial charge in [-0.05, 0) is 5.92 Å². The summed E-state index contributed by atoms with van der Waals surface area (Å²) >= 11 is 0. The molecule has 1 aliphatic rings. The monoisotopic (exact) mass is 130 g/mol. The molecule has 0 aromatic heterocycles. The number of rotatable bonds is 1. The third-order valence-electron chi connectivity index (χ3n) is 2.05. The van der Waals surface area contributed by atoms with Crippen LogP contribution in [-0.2, 0) is 0 Å². The number of hydrogen-bond donors (Lipinski definition) is 0. The zero-order chi connectivity index (χ0) is 5.11. The molecule has 0 heterocycles. The van der Waals surface area contributed by atoms with Gasteiger partial charge in [-0.3, -0.25) is 0 Å². The van der Waals surface area contributed by atoms with E-state index in [-0.39, 0.29) is 14.9 Å². The van der Waals surface area contributed by atoms with Crippen LogP contribution in [-0.4, -0.2) is 0 Å². The fourth-order valence-electron chi connectivity index (χ4n) is 1.42. The Morgan fingerprint density at radius 2 is 1.56 bits per heavy atom. The second-order valence-electron chi connectivity index (χ2n) is 2.56. The van der Waals surface area contributed by atoms with Crippen LogP contribution in [0.15, 0.2) is 0 Å². The Labute approximate surface area is 60.7 Å². The van der Waals surface area contributed by atoms with Crippen molar-refractivity contribution in [1.82, 2.24) is 0 Å². The normalized spacial score (nSPS) is 18.3. The van der Waals surface area contributed by atoms with Crippen molar-refractivity contribution >= 4 is 0 Å². The van der Waals surface area contributed by atoms with E-state index in [2.05, 4.69) is 6.92 Å². The highest BCUT2D eigenvalue weighted by molar-refractivity contribution is 4.64. The van der Waals surface area contributed by atoms with Crippen molar-refractivity contribution in [2.24, 2.45) is 5.92 Å². The molecule has 0 saturated heterocycles. The third kappa shape index (κ3) is 3.56. The van der Waals surface area contributed by atoms with Gasteiger partial charge in [-0.15, -0.1) is 0 Å². The van der Waals surface area contributed by atoms with Crippen LogP contribution in [0.1, 0.15) is 53.9 Å². The van der Waals surface area contributed by atoms with Crippen LogP contribution in [0.5, 0.6) is 0 Å². The predicted molar refractivity (Wildman–Crippen MR) is 45.7 cm³/mol. The molecule has 0 unspecified atom stereocenters. The maximum atomic E-state index is 2.30. The first-order chi connectivity index (χ1) is 3.43. The fraction of sp³-hybridized carbons (Fsp3) is 1.00. The summed E-state index contributed by atoms with van der Waals surface area (Å²) in [5.74, 6) is 1.10. The molecule has 0 bridgehead atoms. The smallest absolute Gasteiger partial charge is 0.0417 e. The lowest BCUT2D eigenvalue weighted by Crippen LogP contribution is -1.86. The van der Waals surface area contributed by atoms with Crippen LogP contribution in [0.3, 0.4) is 0 Å². The van der Waals surface area contributed by atoms with Gasteiger partial charge in [-0.25, -0.2) is 0 Å². The van der Waals surface area contributed by atoms with E-state index in [1.807, 2.05) is 0 Å². The van der Waals surface area contributed by atoms with E-state index in [4.69, 9.17) is 0 Å². The van der Waals surface area contributed by atoms with Crippen LogP contribution in [0, 0.1) is 5.92 Å². The number of hydrogen-bond acceptors (Lipinski definition) is 0. The minimum atomic E-state index is 0. The van der Waals surface area contributed by atoms with Crippen LogP contribution in [0.2, 0.25) is 0 Å². The van der Waals surface area contributed by atoms with Gasteiger partial charge in [0.05, 0.1) is 0 Å². The molecule has 0 aromatic rings. The van der Waals surface area contributed by atoms with Crippen molar-refractivity contribution in [3.05, 3.63) is 0 Å². The lowest BCUT2D eigenvalue weighted by molar-refractivity contribution is 0.531. The minimum absolute atomic E-state index is 0.